The van der Waals surface area contributed by atoms with Crippen LogP contribution >= 0.6 is 0 Å². The van der Waals surface area contributed by atoms with Crippen molar-refractivity contribution >= 4 is 54.4 Å². The van der Waals surface area contributed by atoms with Crippen LogP contribution in [0.25, 0.3) is 48.7 Å². The lowest BCUT2D eigenvalue weighted by molar-refractivity contribution is -0.0157. The van der Waals surface area contributed by atoms with Crippen molar-refractivity contribution < 1.29 is 4.74 Å². The number of ether oxygens (including phenoxy) is 1. The second-order valence-electron chi connectivity index (χ2n) is 14.3. The number of allylic oxidation sites excluding steroid dienone is 7. The van der Waals surface area contributed by atoms with Crippen LogP contribution in [0.3, 0.4) is 0 Å². The van der Waals surface area contributed by atoms with E-state index in [0.29, 0.717) is 11.6 Å². The van der Waals surface area contributed by atoms with Gasteiger partial charge in [-0.25, -0.2) is 4.99 Å². The SMILES string of the molecule is C=C/C(=C\C=C/C)C(=C)N=C(/C=C(\C)c1c2ccccc2c(C)c2ccccc12)c1cc2ccccc2c2ccccc12.C=CC.COC(C)(C)C(C)C. The van der Waals surface area contributed by atoms with Crippen LogP contribution in [0.5, 0.6) is 0 Å². The summed E-state index contributed by atoms with van der Waals surface area (Å²) < 4.78 is 5.20. The molecule has 0 radical (unpaired) electrons. The quantitative estimate of drug-likeness (QED) is 0.0481. The number of aryl methyl sites for hydroxylation is 1. The van der Waals surface area contributed by atoms with Gasteiger partial charge in [0.15, 0.2) is 0 Å². The zero-order valence-corrected chi connectivity index (χ0v) is 33.8. The molecule has 0 unspecified atom stereocenters. The Morgan fingerprint density at radius 3 is 1.70 bits per heavy atom. The molecular formula is C52H57NO. The highest BCUT2D eigenvalue weighted by molar-refractivity contribution is 6.25. The highest BCUT2D eigenvalue weighted by Crippen LogP contribution is 2.37. The normalized spacial score (nSPS) is 12.5. The van der Waals surface area contributed by atoms with Crippen LogP contribution in [0.4, 0.5) is 0 Å². The van der Waals surface area contributed by atoms with Crippen LogP contribution in [0.1, 0.15) is 65.2 Å². The third-order valence-electron chi connectivity index (χ3n) is 10.2. The van der Waals surface area contributed by atoms with E-state index < -0.39 is 0 Å². The van der Waals surface area contributed by atoms with E-state index in [1.165, 1.54) is 48.8 Å². The number of hydrogen-bond donors (Lipinski definition) is 0. The zero-order valence-electron chi connectivity index (χ0n) is 33.8. The van der Waals surface area contributed by atoms with Gasteiger partial charge in [0, 0.05) is 12.7 Å². The van der Waals surface area contributed by atoms with Crippen molar-refractivity contribution in [3.8, 4) is 0 Å². The first-order valence-electron chi connectivity index (χ1n) is 18.8. The van der Waals surface area contributed by atoms with E-state index in [0.717, 1.165) is 27.8 Å². The number of aliphatic imine (C=N–C) groups is 1. The summed E-state index contributed by atoms with van der Waals surface area (Å²) in [6.45, 7) is 28.6. The summed E-state index contributed by atoms with van der Waals surface area (Å²) in [6, 6.07) is 36.9. The molecule has 0 aliphatic heterocycles. The Morgan fingerprint density at radius 1 is 0.741 bits per heavy atom. The molecule has 0 aliphatic rings. The van der Waals surface area contributed by atoms with Gasteiger partial charge in [0.1, 0.15) is 0 Å². The van der Waals surface area contributed by atoms with Crippen LogP contribution < -0.4 is 0 Å². The van der Waals surface area contributed by atoms with Crippen molar-refractivity contribution in [1.82, 2.24) is 0 Å². The largest absolute Gasteiger partial charge is 0.379 e. The number of rotatable bonds is 9. The summed E-state index contributed by atoms with van der Waals surface area (Å²) >= 11 is 0. The molecule has 0 aliphatic carbocycles. The Kier molecular flexibility index (Phi) is 14.5. The summed E-state index contributed by atoms with van der Waals surface area (Å²) in [5, 5.41) is 9.81. The number of methoxy groups -OCH3 is 1. The molecule has 6 aromatic rings. The second kappa shape index (κ2) is 19.0. The molecule has 6 rings (SSSR count). The van der Waals surface area contributed by atoms with E-state index >= 15 is 0 Å². The molecule has 0 aromatic heterocycles. The second-order valence-corrected chi connectivity index (χ2v) is 14.3. The van der Waals surface area contributed by atoms with E-state index in [2.05, 4.69) is 170 Å². The monoisotopic (exact) mass is 711 g/mol. The minimum Gasteiger partial charge on any atom is -0.379 e. The molecule has 0 fully saturated rings. The van der Waals surface area contributed by atoms with Crippen molar-refractivity contribution in [2.75, 3.05) is 7.11 Å². The van der Waals surface area contributed by atoms with Gasteiger partial charge in [0.05, 0.1) is 17.0 Å². The summed E-state index contributed by atoms with van der Waals surface area (Å²) in [5.74, 6) is 0.590. The Labute approximate surface area is 324 Å². The molecule has 0 amide bonds. The highest BCUT2D eigenvalue weighted by atomic mass is 16.5. The van der Waals surface area contributed by atoms with Crippen LogP contribution in [-0.4, -0.2) is 18.4 Å². The molecule has 276 valence electrons. The maximum Gasteiger partial charge on any atom is 0.0718 e. The average molecular weight is 712 g/mol. The van der Waals surface area contributed by atoms with Crippen molar-refractivity contribution in [3.63, 3.8) is 0 Å². The van der Waals surface area contributed by atoms with E-state index in [9.17, 15) is 0 Å². The molecule has 0 saturated heterocycles. The fraction of sp³-hybridized carbons (Fsp3) is 0.212. The Morgan fingerprint density at radius 2 is 1.22 bits per heavy atom. The van der Waals surface area contributed by atoms with Crippen molar-refractivity contribution in [2.24, 2.45) is 10.9 Å². The average Bonchev–Trinajstić information content (AvgIpc) is 3.18. The van der Waals surface area contributed by atoms with Crippen LogP contribution in [0.15, 0.2) is 176 Å². The minimum absolute atomic E-state index is 0.0417. The third kappa shape index (κ3) is 9.31. The Balaban J connectivity index is 0.000000519. The molecule has 0 N–H and O–H groups in total. The standard InChI is InChI=1S/C42H35N.C7H16O.C3H6/c1-6-8-17-31(7-2)30(5)43-41(40-27-32-18-9-10-21-35(32)36-22-13-14-23-37(36)40)26-28(3)42-38-24-15-11-19-33(38)29(4)34-20-12-16-25-39(34)42;1-6(2)7(3,4)8-5;1-3-2/h6-27H,2,5H2,1,3-4H3;6H,1-5H3;3H,1H2,2H3/b8-6-,28-26+,31-17+,43-41?;;. The molecular weight excluding hydrogens is 655 g/mol. The predicted octanol–water partition coefficient (Wildman–Crippen LogP) is 15.0. The Hall–Kier alpha value is -5.57. The van der Waals surface area contributed by atoms with Crippen LogP contribution in [-0.2, 0) is 4.74 Å². The maximum absolute atomic E-state index is 5.24. The van der Waals surface area contributed by atoms with Crippen molar-refractivity contribution in [1.29, 1.82) is 0 Å². The van der Waals surface area contributed by atoms with Gasteiger partial charge >= 0.3 is 0 Å². The summed E-state index contributed by atoms with van der Waals surface area (Å²) in [5.41, 5.74) is 7.22. The zero-order chi connectivity index (χ0) is 39.4. The van der Waals surface area contributed by atoms with Gasteiger partial charge < -0.3 is 4.74 Å². The van der Waals surface area contributed by atoms with E-state index in [1.807, 2.05) is 38.2 Å². The van der Waals surface area contributed by atoms with Gasteiger partial charge in [-0.1, -0.05) is 154 Å². The number of fused-ring (bicyclic) bond motifs is 5. The lowest BCUT2D eigenvalue weighted by atomic mass is 9.88. The lowest BCUT2D eigenvalue weighted by Crippen LogP contribution is -2.29. The molecule has 0 heterocycles. The van der Waals surface area contributed by atoms with Gasteiger partial charge in [0.25, 0.3) is 0 Å². The summed E-state index contributed by atoms with van der Waals surface area (Å²) in [6.07, 6.45) is 11.8. The summed E-state index contributed by atoms with van der Waals surface area (Å²) in [7, 11) is 1.75. The first-order chi connectivity index (χ1) is 25.9. The smallest absolute Gasteiger partial charge is 0.0718 e. The first-order valence-corrected chi connectivity index (χ1v) is 18.8. The van der Waals surface area contributed by atoms with Crippen molar-refractivity contribution in [2.45, 2.75) is 61.0 Å². The maximum atomic E-state index is 5.24. The number of benzene rings is 6. The first kappa shape index (κ1) is 41.2. The fourth-order valence-electron chi connectivity index (χ4n) is 6.41. The molecule has 54 heavy (non-hydrogen) atoms. The molecule has 0 saturated carbocycles. The molecule has 0 spiro atoms. The van der Waals surface area contributed by atoms with Gasteiger partial charge in [-0.15, -0.1) is 6.58 Å². The van der Waals surface area contributed by atoms with Gasteiger partial charge in [-0.3, -0.25) is 0 Å². The lowest BCUT2D eigenvalue weighted by Gasteiger charge is -2.26. The fourth-order valence-corrected chi connectivity index (χ4v) is 6.41. The van der Waals surface area contributed by atoms with Crippen LogP contribution in [0.2, 0.25) is 0 Å². The predicted molar refractivity (Wildman–Crippen MR) is 242 cm³/mol. The highest BCUT2D eigenvalue weighted by Gasteiger charge is 2.20. The van der Waals surface area contributed by atoms with E-state index in [4.69, 9.17) is 9.73 Å². The molecule has 0 atom stereocenters. The molecule has 2 nitrogen and oxygen atoms in total. The summed E-state index contributed by atoms with van der Waals surface area (Å²) in [4.78, 5) is 5.24. The van der Waals surface area contributed by atoms with E-state index in [1.54, 1.807) is 13.2 Å². The number of nitrogens with zero attached hydrogens (tertiary/aromatic N) is 1. The Bertz CT molecular complexity index is 2350. The van der Waals surface area contributed by atoms with Gasteiger partial charge in [-0.2, -0.15) is 0 Å². The van der Waals surface area contributed by atoms with Gasteiger partial charge in [0.2, 0.25) is 0 Å². The molecule has 2 heteroatoms. The topological polar surface area (TPSA) is 21.6 Å². The minimum atomic E-state index is 0.0417. The molecule has 0 bridgehead atoms. The van der Waals surface area contributed by atoms with Gasteiger partial charge in [-0.05, 0) is 125 Å². The van der Waals surface area contributed by atoms with E-state index in [-0.39, 0.29) is 5.60 Å². The third-order valence-corrected chi connectivity index (χ3v) is 10.2. The van der Waals surface area contributed by atoms with Crippen LogP contribution in [0, 0.1) is 12.8 Å². The van der Waals surface area contributed by atoms with Crippen molar-refractivity contribution in [3.05, 3.63) is 187 Å². The number of hydrogen-bond acceptors (Lipinski definition) is 2. The molecule has 6 aromatic carbocycles.